The summed E-state index contributed by atoms with van der Waals surface area (Å²) in [6, 6.07) is 8.19. The summed E-state index contributed by atoms with van der Waals surface area (Å²) in [7, 11) is 0. The molecule has 0 bridgehead atoms. The molecule has 0 unspecified atom stereocenters. The molecule has 2 heterocycles. The molecular weight excluding hydrogens is 392 g/mol. The molecule has 2 fully saturated rings. The van der Waals surface area contributed by atoms with Crippen LogP contribution in [0.1, 0.15) is 34.8 Å². The lowest BCUT2D eigenvalue weighted by atomic mass is 10.2. The lowest BCUT2D eigenvalue weighted by molar-refractivity contribution is 0.0320. The Morgan fingerprint density at radius 3 is 2.86 bits per heavy atom. The molecule has 1 aromatic carbocycles. The van der Waals surface area contributed by atoms with E-state index in [9.17, 15) is 4.79 Å². The number of amides is 1. The summed E-state index contributed by atoms with van der Waals surface area (Å²) in [5, 5.41) is 3.67. The number of rotatable bonds is 9. The summed E-state index contributed by atoms with van der Waals surface area (Å²) in [5.74, 6) is 0.396. The van der Waals surface area contributed by atoms with Gasteiger partial charge in [-0.1, -0.05) is 23.7 Å². The molecule has 2 aromatic rings. The maximum Gasteiger partial charge on any atom is 0.273 e. The van der Waals surface area contributed by atoms with Crippen LogP contribution in [0.4, 0.5) is 0 Å². The van der Waals surface area contributed by atoms with Crippen LogP contribution in [-0.4, -0.2) is 66.1 Å². The van der Waals surface area contributed by atoms with Crippen molar-refractivity contribution in [2.24, 2.45) is 0 Å². The first-order chi connectivity index (χ1) is 14.2. The lowest BCUT2D eigenvalue weighted by Gasteiger charge is -2.29. The number of aromatic nitrogens is 1. The van der Waals surface area contributed by atoms with Gasteiger partial charge >= 0.3 is 0 Å². The molecule has 156 valence electrons. The first-order valence-corrected chi connectivity index (χ1v) is 10.6. The van der Waals surface area contributed by atoms with E-state index < -0.39 is 0 Å². The summed E-state index contributed by atoms with van der Waals surface area (Å²) in [6.45, 7) is 6.55. The Bertz CT molecular complexity index is 818. The average Bonchev–Trinajstić information content (AvgIpc) is 3.41. The molecule has 1 saturated carbocycles. The molecular formula is C21H27ClN4O3. The predicted octanol–water partition coefficient (Wildman–Crippen LogP) is 2.55. The third-order valence-corrected chi connectivity index (χ3v) is 5.42. The Labute approximate surface area is 176 Å². The second kappa shape index (κ2) is 9.71. The van der Waals surface area contributed by atoms with E-state index in [-0.39, 0.29) is 5.91 Å². The Morgan fingerprint density at radius 2 is 2.10 bits per heavy atom. The Kier molecular flexibility index (Phi) is 6.82. The summed E-state index contributed by atoms with van der Waals surface area (Å²) in [5.41, 5.74) is 1.49. The van der Waals surface area contributed by atoms with E-state index in [1.165, 1.54) is 6.26 Å². The molecule has 1 N–H and O–H groups in total. The number of ether oxygens (including phenoxy) is 1. The van der Waals surface area contributed by atoms with Gasteiger partial charge in [0, 0.05) is 43.8 Å². The number of carbonyl (C=O) groups excluding carboxylic acids is 1. The van der Waals surface area contributed by atoms with E-state index in [1.807, 2.05) is 18.2 Å². The number of halogens is 1. The summed E-state index contributed by atoms with van der Waals surface area (Å²) in [6.07, 6.45) is 3.55. The van der Waals surface area contributed by atoms with Gasteiger partial charge in [-0.15, -0.1) is 0 Å². The molecule has 2 aliphatic rings. The number of oxazole rings is 1. The predicted molar refractivity (Wildman–Crippen MR) is 110 cm³/mol. The maximum absolute atomic E-state index is 12.2. The Morgan fingerprint density at radius 1 is 1.28 bits per heavy atom. The van der Waals surface area contributed by atoms with E-state index in [2.05, 4.69) is 26.2 Å². The van der Waals surface area contributed by atoms with Crippen LogP contribution < -0.4 is 5.32 Å². The zero-order chi connectivity index (χ0) is 20.1. The number of carbonyl (C=O) groups is 1. The fourth-order valence-corrected chi connectivity index (χ4v) is 3.59. The van der Waals surface area contributed by atoms with Crippen LogP contribution in [0, 0.1) is 0 Å². The standard InChI is InChI=1S/C21H27ClN4O3/c22-17-3-1-2-16(12-17)13-26(7-6-25-8-10-28-11-9-25)14-20-24-19(15-29-20)21(27)23-18-4-5-18/h1-3,12,15,18H,4-11,13-14H2,(H,23,27). The van der Waals surface area contributed by atoms with Crippen molar-refractivity contribution in [3.63, 3.8) is 0 Å². The summed E-state index contributed by atoms with van der Waals surface area (Å²) in [4.78, 5) is 21.3. The average molecular weight is 419 g/mol. The van der Waals surface area contributed by atoms with Crippen LogP contribution in [-0.2, 0) is 17.8 Å². The van der Waals surface area contributed by atoms with Crippen molar-refractivity contribution < 1.29 is 13.9 Å². The van der Waals surface area contributed by atoms with Gasteiger partial charge in [0.1, 0.15) is 6.26 Å². The minimum Gasteiger partial charge on any atom is -0.447 e. The summed E-state index contributed by atoms with van der Waals surface area (Å²) >= 11 is 6.16. The third kappa shape index (κ3) is 6.27. The third-order valence-electron chi connectivity index (χ3n) is 5.19. The number of morpholine rings is 1. The molecule has 1 aliphatic carbocycles. The van der Waals surface area contributed by atoms with Crippen LogP contribution >= 0.6 is 11.6 Å². The molecule has 29 heavy (non-hydrogen) atoms. The fourth-order valence-electron chi connectivity index (χ4n) is 3.38. The first kappa shape index (κ1) is 20.3. The highest BCUT2D eigenvalue weighted by Crippen LogP contribution is 2.19. The molecule has 7 nitrogen and oxygen atoms in total. The zero-order valence-electron chi connectivity index (χ0n) is 16.5. The van der Waals surface area contributed by atoms with Crippen LogP contribution in [0.3, 0.4) is 0 Å². The number of benzene rings is 1. The number of nitrogens with zero attached hydrogens (tertiary/aromatic N) is 3. The van der Waals surface area contributed by atoms with Crippen molar-refractivity contribution in [2.45, 2.75) is 32.0 Å². The quantitative estimate of drug-likeness (QED) is 0.674. The molecule has 1 amide bonds. The molecule has 4 rings (SSSR count). The maximum atomic E-state index is 12.2. The van der Waals surface area contributed by atoms with Crippen molar-refractivity contribution in [1.29, 1.82) is 0 Å². The highest BCUT2D eigenvalue weighted by atomic mass is 35.5. The minimum absolute atomic E-state index is 0.155. The molecule has 0 spiro atoms. The number of nitrogens with one attached hydrogen (secondary N) is 1. The van der Waals surface area contributed by atoms with E-state index in [0.29, 0.717) is 24.2 Å². The fraction of sp³-hybridized carbons (Fsp3) is 0.524. The van der Waals surface area contributed by atoms with Crippen molar-refractivity contribution >= 4 is 17.5 Å². The van der Waals surface area contributed by atoms with Crippen molar-refractivity contribution in [1.82, 2.24) is 20.1 Å². The molecule has 0 radical (unpaired) electrons. The lowest BCUT2D eigenvalue weighted by Crippen LogP contribution is -2.41. The van der Waals surface area contributed by atoms with Crippen LogP contribution in [0.15, 0.2) is 34.9 Å². The number of hydrogen-bond acceptors (Lipinski definition) is 6. The largest absolute Gasteiger partial charge is 0.447 e. The highest BCUT2D eigenvalue weighted by molar-refractivity contribution is 6.30. The van der Waals surface area contributed by atoms with E-state index in [0.717, 1.165) is 69.4 Å². The van der Waals surface area contributed by atoms with E-state index in [4.69, 9.17) is 20.8 Å². The summed E-state index contributed by atoms with van der Waals surface area (Å²) < 4.78 is 11.0. The second-order valence-corrected chi connectivity index (χ2v) is 8.11. The molecule has 1 aliphatic heterocycles. The van der Waals surface area contributed by atoms with Gasteiger partial charge in [-0.25, -0.2) is 4.98 Å². The van der Waals surface area contributed by atoms with Crippen LogP contribution in [0.2, 0.25) is 5.02 Å². The van der Waals surface area contributed by atoms with Crippen LogP contribution in [0.25, 0.3) is 0 Å². The normalized spacial score (nSPS) is 17.6. The minimum atomic E-state index is -0.155. The number of hydrogen-bond donors (Lipinski definition) is 1. The van der Waals surface area contributed by atoms with Gasteiger partial charge in [0.25, 0.3) is 5.91 Å². The van der Waals surface area contributed by atoms with E-state index >= 15 is 0 Å². The molecule has 8 heteroatoms. The van der Waals surface area contributed by atoms with Gasteiger partial charge < -0.3 is 14.5 Å². The van der Waals surface area contributed by atoms with Gasteiger partial charge in [0.2, 0.25) is 5.89 Å². The van der Waals surface area contributed by atoms with Gasteiger partial charge in [0.05, 0.1) is 19.8 Å². The molecule has 0 atom stereocenters. The Hall–Kier alpha value is -1.93. The molecule has 1 aromatic heterocycles. The SMILES string of the molecule is O=C(NC1CC1)c1coc(CN(CCN2CCOCC2)Cc2cccc(Cl)c2)n1. The molecule has 1 saturated heterocycles. The zero-order valence-corrected chi connectivity index (χ0v) is 17.2. The first-order valence-electron chi connectivity index (χ1n) is 10.2. The van der Waals surface area contributed by atoms with E-state index in [1.54, 1.807) is 0 Å². The topological polar surface area (TPSA) is 70.8 Å². The van der Waals surface area contributed by atoms with Crippen molar-refractivity contribution in [3.8, 4) is 0 Å². The van der Waals surface area contributed by atoms with Crippen LogP contribution in [0.5, 0.6) is 0 Å². The monoisotopic (exact) mass is 418 g/mol. The van der Waals surface area contributed by atoms with Crippen molar-refractivity contribution in [3.05, 3.63) is 52.7 Å². The van der Waals surface area contributed by atoms with Gasteiger partial charge in [-0.05, 0) is 30.5 Å². The van der Waals surface area contributed by atoms with Gasteiger partial charge in [-0.3, -0.25) is 14.6 Å². The van der Waals surface area contributed by atoms with Crippen molar-refractivity contribution in [2.75, 3.05) is 39.4 Å². The highest BCUT2D eigenvalue weighted by Gasteiger charge is 2.25. The smallest absolute Gasteiger partial charge is 0.273 e. The van der Waals surface area contributed by atoms with Gasteiger partial charge in [-0.2, -0.15) is 0 Å². The Balaban J connectivity index is 1.39. The second-order valence-electron chi connectivity index (χ2n) is 7.67. The van der Waals surface area contributed by atoms with Gasteiger partial charge in [0.15, 0.2) is 5.69 Å².